The molecule has 1 saturated heterocycles. The first-order valence-electron chi connectivity index (χ1n) is 7.40. The zero-order valence-corrected chi connectivity index (χ0v) is 14.7. The van der Waals surface area contributed by atoms with Gasteiger partial charge in [0, 0.05) is 6.20 Å². The van der Waals surface area contributed by atoms with Crippen molar-refractivity contribution in [1.82, 2.24) is 9.55 Å². The molecule has 2 aromatic rings. The zero-order chi connectivity index (χ0) is 17.7. The molecule has 0 radical (unpaired) electrons. The molecule has 1 unspecified atom stereocenters. The van der Waals surface area contributed by atoms with Gasteiger partial charge in [-0.2, -0.15) is 0 Å². The molecule has 0 N–H and O–H groups in total. The molecule has 1 amide bonds. The third kappa shape index (κ3) is 2.62. The standard InChI is InChI=1S/C15H11F3IN3O3/c16-11-8(19)2-1-7-12(11)24-4-3-21-5-10(20-14(7)21)22-9(13(17)18)6-25-15(22)23/h1-2,5,9,13H,3-4,6H2. The van der Waals surface area contributed by atoms with Gasteiger partial charge in [-0.3, -0.25) is 0 Å². The minimum atomic E-state index is -2.76. The molecule has 1 fully saturated rings. The van der Waals surface area contributed by atoms with Crippen LogP contribution < -0.4 is 9.64 Å². The summed E-state index contributed by atoms with van der Waals surface area (Å²) in [6, 6.07) is 1.84. The van der Waals surface area contributed by atoms with Crippen LogP contribution in [-0.2, 0) is 11.3 Å². The average Bonchev–Trinajstić information content (AvgIpc) is 3.11. The van der Waals surface area contributed by atoms with Gasteiger partial charge in [-0.25, -0.2) is 27.8 Å². The van der Waals surface area contributed by atoms with E-state index in [4.69, 9.17) is 9.47 Å². The number of fused-ring (bicyclic) bond motifs is 3. The highest BCUT2D eigenvalue weighted by molar-refractivity contribution is 14.1. The summed E-state index contributed by atoms with van der Waals surface area (Å²) < 4.78 is 52.9. The zero-order valence-electron chi connectivity index (χ0n) is 12.6. The molecule has 1 aromatic carbocycles. The summed E-state index contributed by atoms with van der Waals surface area (Å²) >= 11 is 1.86. The molecule has 25 heavy (non-hydrogen) atoms. The Kier molecular flexibility index (Phi) is 4.01. The molecule has 3 heterocycles. The third-order valence-electron chi connectivity index (χ3n) is 4.08. The van der Waals surface area contributed by atoms with E-state index in [9.17, 15) is 18.0 Å². The van der Waals surface area contributed by atoms with Crippen molar-refractivity contribution in [2.75, 3.05) is 18.1 Å². The van der Waals surface area contributed by atoms with E-state index in [0.717, 1.165) is 4.90 Å². The van der Waals surface area contributed by atoms with Crippen LogP contribution >= 0.6 is 22.6 Å². The quantitative estimate of drug-likeness (QED) is 0.640. The van der Waals surface area contributed by atoms with Crippen LogP contribution in [-0.4, -0.2) is 41.3 Å². The van der Waals surface area contributed by atoms with E-state index >= 15 is 0 Å². The van der Waals surface area contributed by atoms with Crippen molar-refractivity contribution < 1.29 is 27.4 Å². The molecule has 1 atom stereocenters. The number of cyclic esters (lactones) is 1. The Balaban J connectivity index is 1.82. The highest BCUT2D eigenvalue weighted by atomic mass is 127. The van der Waals surface area contributed by atoms with E-state index in [2.05, 4.69) is 4.98 Å². The summed E-state index contributed by atoms with van der Waals surface area (Å²) in [6.45, 7) is 0.135. The molecular formula is C15H11F3IN3O3. The van der Waals surface area contributed by atoms with Gasteiger partial charge in [0.25, 0.3) is 6.43 Å². The van der Waals surface area contributed by atoms with E-state index < -0.39 is 31.0 Å². The molecule has 0 aliphatic carbocycles. The number of anilines is 1. The number of hydrogen-bond donors (Lipinski definition) is 0. The smallest absolute Gasteiger partial charge is 0.416 e. The van der Waals surface area contributed by atoms with Crippen molar-refractivity contribution in [3.05, 3.63) is 27.7 Å². The molecule has 132 valence electrons. The van der Waals surface area contributed by atoms with Gasteiger partial charge in [-0.1, -0.05) is 0 Å². The number of rotatable bonds is 2. The molecule has 4 rings (SSSR count). The summed E-state index contributed by atoms with van der Waals surface area (Å²) in [5, 5.41) is 0. The number of alkyl halides is 2. The largest absolute Gasteiger partial charge is 0.488 e. The fraction of sp³-hybridized carbons (Fsp3) is 0.333. The molecule has 0 saturated carbocycles. The van der Waals surface area contributed by atoms with Gasteiger partial charge < -0.3 is 14.0 Å². The van der Waals surface area contributed by atoms with Gasteiger partial charge in [0.1, 0.15) is 25.1 Å². The third-order valence-corrected chi connectivity index (χ3v) is 4.91. The minimum absolute atomic E-state index is 0.0506. The number of nitrogens with zero attached hydrogens (tertiary/aromatic N) is 3. The lowest BCUT2D eigenvalue weighted by atomic mass is 10.2. The van der Waals surface area contributed by atoms with Crippen molar-refractivity contribution in [3.8, 4) is 17.1 Å². The van der Waals surface area contributed by atoms with Gasteiger partial charge in [0.05, 0.1) is 15.7 Å². The first-order chi connectivity index (χ1) is 12.0. The fourth-order valence-electron chi connectivity index (χ4n) is 2.88. The van der Waals surface area contributed by atoms with Crippen molar-refractivity contribution in [2.24, 2.45) is 0 Å². The predicted molar refractivity (Wildman–Crippen MR) is 89.5 cm³/mol. The Morgan fingerprint density at radius 2 is 2.12 bits per heavy atom. The number of amides is 1. The number of carbonyl (C=O) groups excluding carboxylic acids is 1. The van der Waals surface area contributed by atoms with Gasteiger partial charge in [0.2, 0.25) is 0 Å². The maximum absolute atomic E-state index is 14.3. The van der Waals surface area contributed by atoms with Gasteiger partial charge >= 0.3 is 6.09 Å². The first-order valence-corrected chi connectivity index (χ1v) is 8.47. The lowest BCUT2D eigenvalue weighted by Crippen LogP contribution is -2.38. The second-order valence-corrected chi connectivity index (χ2v) is 6.71. The topological polar surface area (TPSA) is 56.6 Å². The molecule has 2 aliphatic rings. The highest BCUT2D eigenvalue weighted by Crippen LogP contribution is 2.38. The molecule has 0 bridgehead atoms. The van der Waals surface area contributed by atoms with Crippen molar-refractivity contribution >= 4 is 34.5 Å². The van der Waals surface area contributed by atoms with Crippen LogP contribution in [0.2, 0.25) is 0 Å². The van der Waals surface area contributed by atoms with Crippen LogP contribution in [0.15, 0.2) is 18.3 Å². The van der Waals surface area contributed by atoms with E-state index in [1.165, 1.54) is 6.20 Å². The van der Waals surface area contributed by atoms with Crippen LogP contribution in [0.1, 0.15) is 0 Å². The van der Waals surface area contributed by atoms with Crippen molar-refractivity contribution in [1.29, 1.82) is 0 Å². The first kappa shape index (κ1) is 16.5. The highest BCUT2D eigenvalue weighted by Gasteiger charge is 2.42. The number of hydrogen-bond acceptors (Lipinski definition) is 4. The van der Waals surface area contributed by atoms with Crippen molar-refractivity contribution in [2.45, 2.75) is 19.0 Å². The van der Waals surface area contributed by atoms with Crippen molar-refractivity contribution in [3.63, 3.8) is 0 Å². The number of imidazole rings is 1. The molecule has 1 aromatic heterocycles. The Morgan fingerprint density at radius 1 is 1.32 bits per heavy atom. The Hall–Kier alpha value is -1.98. The second-order valence-electron chi connectivity index (χ2n) is 5.55. The van der Waals surface area contributed by atoms with Crippen LogP contribution in [0.5, 0.6) is 5.75 Å². The molecule has 10 heteroatoms. The number of ether oxygens (including phenoxy) is 2. The lowest BCUT2D eigenvalue weighted by Gasteiger charge is -2.17. The molecule has 6 nitrogen and oxygen atoms in total. The summed E-state index contributed by atoms with van der Waals surface area (Å²) in [5.41, 5.74) is 0.405. The second kappa shape index (κ2) is 6.07. The maximum atomic E-state index is 14.3. The van der Waals surface area contributed by atoms with Gasteiger partial charge in [-0.15, -0.1) is 0 Å². The normalized spacial score (nSPS) is 19.3. The minimum Gasteiger partial charge on any atom is -0.488 e. The Labute approximate surface area is 153 Å². The van der Waals surface area contributed by atoms with Crippen LogP contribution in [0.3, 0.4) is 0 Å². The van der Waals surface area contributed by atoms with Gasteiger partial charge in [-0.05, 0) is 34.7 Å². The maximum Gasteiger partial charge on any atom is 0.416 e. The molecule has 2 aliphatic heterocycles. The predicted octanol–water partition coefficient (Wildman–Crippen LogP) is 3.28. The van der Waals surface area contributed by atoms with Gasteiger partial charge in [0.15, 0.2) is 17.4 Å². The number of halogens is 4. The number of aromatic nitrogens is 2. The SMILES string of the molecule is O=C1OCC(C(F)F)N1c1cn2c(n1)-c1ccc(I)c(F)c1OCC2. The average molecular weight is 465 g/mol. The molecule has 0 spiro atoms. The van der Waals surface area contributed by atoms with E-state index in [-0.39, 0.29) is 18.2 Å². The van der Waals surface area contributed by atoms with E-state index in [1.807, 2.05) is 22.6 Å². The number of benzene rings is 1. The lowest BCUT2D eigenvalue weighted by molar-refractivity contribution is 0.104. The van der Waals surface area contributed by atoms with E-state index in [0.29, 0.717) is 21.5 Å². The summed E-state index contributed by atoms with van der Waals surface area (Å²) in [6.07, 6.45) is -2.16. The van der Waals surface area contributed by atoms with Crippen LogP contribution in [0.25, 0.3) is 11.4 Å². The van der Waals surface area contributed by atoms with Crippen LogP contribution in [0.4, 0.5) is 23.8 Å². The Bertz CT molecular complexity index is 858. The van der Waals surface area contributed by atoms with Crippen LogP contribution in [0, 0.1) is 9.39 Å². The summed E-state index contributed by atoms with van der Waals surface area (Å²) in [7, 11) is 0. The van der Waals surface area contributed by atoms with E-state index in [1.54, 1.807) is 16.7 Å². The monoisotopic (exact) mass is 465 g/mol. The Morgan fingerprint density at radius 3 is 2.88 bits per heavy atom. The number of carbonyl (C=O) groups is 1. The summed E-state index contributed by atoms with van der Waals surface area (Å²) in [5.74, 6) is -0.0283. The fourth-order valence-corrected chi connectivity index (χ4v) is 3.31. The summed E-state index contributed by atoms with van der Waals surface area (Å²) in [4.78, 5) is 17.0. The molecular weight excluding hydrogens is 454 g/mol.